The summed E-state index contributed by atoms with van der Waals surface area (Å²) in [6.45, 7) is 5.07. The maximum atomic E-state index is 11.9. The Morgan fingerprint density at radius 1 is 1.20 bits per heavy atom. The number of hydrogen-bond acceptors (Lipinski definition) is 10. The largest absolute Gasteiger partial charge is 0.508 e. The van der Waals surface area contributed by atoms with E-state index in [0.29, 0.717) is 12.0 Å². The lowest BCUT2D eigenvalue weighted by Crippen LogP contribution is -2.33. The molecule has 1 aromatic rings. The van der Waals surface area contributed by atoms with Gasteiger partial charge >= 0.3 is 19.8 Å². The normalized spacial score (nSPS) is 14.0. The first kappa shape index (κ1) is 30.3. The van der Waals surface area contributed by atoms with Gasteiger partial charge in [0.15, 0.2) is 5.75 Å². The van der Waals surface area contributed by atoms with Gasteiger partial charge in [0.05, 0.1) is 18.6 Å². The summed E-state index contributed by atoms with van der Waals surface area (Å²) in [5.41, 5.74) is 5.30. The average molecular weight is 520 g/mol. The number of amides is 1. The Morgan fingerprint density at radius 3 is 2.49 bits per heavy atom. The number of hydrogen-bond donors (Lipinski definition) is 5. The number of nitrogens with one attached hydrogen (secondary N) is 1. The molecule has 0 aliphatic heterocycles. The van der Waals surface area contributed by atoms with Gasteiger partial charge in [-0.2, -0.15) is 0 Å². The second kappa shape index (κ2) is 14.0. The second-order valence-electron chi connectivity index (χ2n) is 8.58. The molecule has 2 atom stereocenters. The van der Waals surface area contributed by atoms with Crippen LogP contribution < -0.4 is 15.9 Å². The summed E-state index contributed by atoms with van der Waals surface area (Å²) < 4.78 is 26.0. The van der Waals surface area contributed by atoms with Gasteiger partial charge in [0.25, 0.3) is 0 Å². The lowest BCUT2D eigenvalue weighted by atomic mass is 9.97. The zero-order chi connectivity index (χ0) is 26.6. The van der Waals surface area contributed by atoms with Crippen LogP contribution in [0.2, 0.25) is 0 Å². The summed E-state index contributed by atoms with van der Waals surface area (Å²) in [4.78, 5) is 48.3. The number of carbonyl (C=O) groups is 3. The third-order valence-corrected chi connectivity index (χ3v) is 5.14. The Kier molecular flexibility index (Phi) is 12.1. The van der Waals surface area contributed by atoms with Crippen LogP contribution >= 0.6 is 7.82 Å². The van der Waals surface area contributed by atoms with E-state index < -0.39 is 31.2 Å². The van der Waals surface area contributed by atoms with Crippen LogP contribution in [0.1, 0.15) is 45.6 Å². The van der Waals surface area contributed by atoms with E-state index in [0.717, 1.165) is 0 Å². The maximum Gasteiger partial charge on any atom is 0.508 e. The number of phosphoric ester groups is 1. The number of carboxylic acids is 1. The number of phenols is 1. The molecule has 0 spiro atoms. The monoisotopic (exact) mass is 520 g/mol. The molecule has 0 aliphatic carbocycles. The van der Waals surface area contributed by atoms with Gasteiger partial charge in [-0.15, -0.1) is 0 Å². The van der Waals surface area contributed by atoms with Crippen molar-refractivity contribution in [3.63, 3.8) is 0 Å². The molecule has 0 saturated heterocycles. The lowest BCUT2D eigenvalue weighted by Gasteiger charge is -2.16. The predicted molar refractivity (Wildman–Crippen MR) is 122 cm³/mol. The Morgan fingerprint density at radius 2 is 1.89 bits per heavy atom. The molecule has 0 fully saturated rings. The van der Waals surface area contributed by atoms with Gasteiger partial charge < -0.3 is 35.8 Å². The minimum absolute atomic E-state index is 0.00443. The number of esters is 1. The van der Waals surface area contributed by atoms with Crippen LogP contribution in [-0.4, -0.2) is 58.8 Å². The average Bonchev–Trinajstić information content (AvgIpc) is 2.75. The smallest absolute Gasteiger partial charge is 0.504 e. The second-order valence-corrected chi connectivity index (χ2v) is 9.93. The molecule has 0 heterocycles. The molecular formula is C21H33N2O11P. The van der Waals surface area contributed by atoms with E-state index in [2.05, 4.69) is 9.99 Å². The minimum Gasteiger partial charge on any atom is -0.504 e. The number of aromatic hydroxyl groups is 1. The molecule has 0 bridgehead atoms. The van der Waals surface area contributed by atoms with Crippen molar-refractivity contribution in [1.29, 1.82) is 0 Å². The number of rotatable bonds is 15. The van der Waals surface area contributed by atoms with Gasteiger partial charge in [0, 0.05) is 19.4 Å². The van der Waals surface area contributed by atoms with E-state index >= 15 is 0 Å². The van der Waals surface area contributed by atoms with E-state index in [1.807, 2.05) is 0 Å². The van der Waals surface area contributed by atoms with Crippen molar-refractivity contribution in [2.75, 3.05) is 19.8 Å². The molecule has 0 aliphatic rings. The summed E-state index contributed by atoms with van der Waals surface area (Å²) >= 11 is 0. The first-order valence-electron chi connectivity index (χ1n) is 10.8. The molecular weight excluding hydrogens is 487 g/mol. The fourth-order valence-electron chi connectivity index (χ4n) is 2.36. The number of aliphatic carboxylic acids is 1. The highest BCUT2D eigenvalue weighted by Crippen LogP contribution is 2.44. The fourth-order valence-corrected chi connectivity index (χ4v) is 2.94. The van der Waals surface area contributed by atoms with Crippen molar-refractivity contribution in [2.45, 2.75) is 52.5 Å². The molecule has 1 rings (SSSR count). The van der Waals surface area contributed by atoms with Crippen LogP contribution in [0.25, 0.3) is 0 Å². The number of ether oxygens (including phenoxy) is 1. The van der Waals surface area contributed by atoms with E-state index in [1.54, 1.807) is 20.8 Å². The lowest BCUT2D eigenvalue weighted by molar-refractivity contribution is -0.153. The van der Waals surface area contributed by atoms with E-state index in [9.17, 15) is 28.9 Å². The summed E-state index contributed by atoms with van der Waals surface area (Å²) in [6, 6.07) is 3.05. The Balaban J connectivity index is 2.37. The molecule has 1 unspecified atom stereocenters. The van der Waals surface area contributed by atoms with Gasteiger partial charge in [0.2, 0.25) is 11.7 Å². The SMILES string of the molecule is CC(C)(C)C(=O)OCCCOP(=O)(O)OOc1ccc(CCNC(=O)CC[C@H](N)C(=O)O)cc1O. The molecule has 0 saturated carbocycles. The van der Waals surface area contributed by atoms with Gasteiger partial charge in [-0.3, -0.25) is 18.9 Å². The molecule has 1 aromatic carbocycles. The maximum absolute atomic E-state index is 11.9. The zero-order valence-corrected chi connectivity index (χ0v) is 20.8. The molecule has 14 heteroatoms. The number of carboxylic acid groups (broad SMARTS) is 1. The van der Waals surface area contributed by atoms with Crippen LogP contribution in [-0.2, 0) is 39.3 Å². The van der Waals surface area contributed by atoms with Gasteiger partial charge in [-0.1, -0.05) is 10.7 Å². The summed E-state index contributed by atoms with van der Waals surface area (Å²) in [5.74, 6) is -2.56. The van der Waals surface area contributed by atoms with E-state index in [-0.39, 0.29) is 56.4 Å². The Hall–Kier alpha value is -2.70. The topological polar surface area (TPSA) is 204 Å². The molecule has 1 amide bonds. The van der Waals surface area contributed by atoms with Crippen molar-refractivity contribution < 1.29 is 52.9 Å². The number of carbonyl (C=O) groups excluding carboxylic acids is 2. The van der Waals surface area contributed by atoms with Crippen LogP contribution in [0.4, 0.5) is 0 Å². The van der Waals surface area contributed by atoms with Crippen molar-refractivity contribution in [2.24, 2.45) is 11.1 Å². The van der Waals surface area contributed by atoms with E-state index in [4.69, 9.17) is 25.0 Å². The third kappa shape index (κ3) is 12.5. The number of phosphoric acid groups is 1. The molecule has 198 valence electrons. The third-order valence-electron chi connectivity index (χ3n) is 4.37. The Labute approximate surface area is 203 Å². The van der Waals surface area contributed by atoms with Gasteiger partial charge in [0.1, 0.15) is 6.04 Å². The standard InChI is InChI=1S/C21H33N2O11P/c1-21(2,3)20(28)31-11-4-12-32-35(29,30)34-33-17-7-5-14(13-16(17)24)9-10-23-18(25)8-6-15(22)19(26)27/h5,7,13,15,24H,4,6,8-12,22H2,1-3H3,(H,23,25)(H,26,27)(H,29,30)/t15-/m0/s1. The molecule has 6 N–H and O–H groups in total. The van der Waals surface area contributed by atoms with Crippen molar-refractivity contribution in [3.8, 4) is 11.5 Å². The summed E-state index contributed by atoms with van der Waals surface area (Å²) in [7, 11) is -4.60. The first-order valence-corrected chi connectivity index (χ1v) is 12.3. The summed E-state index contributed by atoms with van der Waals surface area (Å²) in [6.07, 6.45) is 0.469. The first-order chi connectivity index (χ1) is 16.2. The molecule has 0 radical (unpaired) electrons. The van der Waals surface area contributed by atoms with Gasteiger partial charge in [-0.05, 0) is 51.3 Å². The van der Waals surface area contributed by atoms with E-state index in [1.165, 1.54) is 18.2 Å². The number of benzene rings is 1. The van der Waals surface area contributed by atoms with Gasteiger partial charge in [-0.25, -0.2) is 4.57 Å². The quantitative estimate of drug-likeness (QED) is 0.0736. The molecule has 13 nitrogen and oxygen atoms in total. The number of phenolic OH excluding ortho intramolecular Hbond substituents is 1. The number of nitrogens with two attached hydrogens (primary N) is 1. The van der Waals surface area contributed by atoms with Crippen molar-refractivity contribution in [1.82, 2.24) is 5.32 Å². The fraction of sp³-hybridized carbons (Fsp3) is 0.571. The van der Waals surface area contributed by atoms with Crippen LogP contribution in [0.5, 0.6) is 11.5 Å². The predicted octanol–water partition coefficient (Wildman–Crippen LogP) is 1.65. The molecule has 35 heavy (non-hydrogen) atoms. The highest BCUT2D eigenvalue weighted by molar-refractivity contribution is 7.47. The van der Waals surface area contributed by atoms with Crippen LogP contribution in [0, 0.1) is 5.41 Å². The highest BCUT2D eigenvalue weighted by atomic mass is 31.2. The van der Waals surface area contributed by atoms with Crippen LogP contribution in [0.3, 0.4) is 0 Å². The molecule has 0 aromatic heterocycles. The van der Waals surface area contributed by atoms with Crippen molar-refractivity contribution in [3.05, 3.63) is 23.8 Å². The minimum atomic E-state index is -4.60. The zero-order valence-electron chi connectivity index (χ0n) is 19.9. The van der Waals surface area contributed by atoms with Crippen LogP contribution in [0.15, 0.2) is 18.2 Å². The highest BCUT2D eigenvalue weighted by Gasteiger charge is 2.25. The summed E-state index contributed by atoms with van der Waals surface area (Å²) in [5, 5.41) is 21.3. The van der Waals surface area contributed by atoms with Crippen molar-refractivity contribution >= 4 is 25.7 Å². The Bertz CT molecular complexity index is 917.